The van der Waals surface area contributed by atoms with Crippen LogP contribution >= 0.6 is 0 Å². The number of hydrogen-bond acceptors (Lipinski definition) is 4. The molecule has 2 unspecified atom stereocenters. The van der Waals surface area contributed by atoms with Crippen LogP contribution in [0.4, 0.5) is 0 Å². The Labute approximate surface area is 296 Å². The molecule has 6 aromatic carbocycles. The highest BCUT2D eigenvalue weighted by atomic mass is 16.3. The van der Waals surface area contributed by atoms with E-state index in [2.05, 4.69) is 163 Å². The number of benzene rings is 6. The summed E-state index contributed by atoms with van der Waals surface area (Å²) in [5, 5.41) is 8.46. The minimum absolute atomic E-state index is 0.143. The summed E-state index contributed by atoms with van der Waals surface area (Å²) in [4.78, 5) is 10.6. The van der Waals surface area contributed by atoms with E-state index < -0.39 is 0 Å². The number of rotatable bonds is 5. The Morgan fingerprint density at radius 1 is 0.608 bits per heavy atom. The van der Waals surface area contributed by atoms with Crippen LogP contribution < -0.4 is 5.32 Å². The zero-order chi connectivity index (χ0) is 33.7. The molecule has 2 heterocycles. The van der Waals surface area contributed by atoms with Gasteiger partial charge < -0.3 is 9.73 Å². The normalized spacial score (nSPS) is 18.5. The van der Waals surface area contributed by atoms with Gasteiger partial charge in [0.25, 0.3) is 0 Å². The van der Waals surface area contributed by atoms with Crippen LogP contribution in [0.3, 0.4) is 0 Å². The third-order valence-electron chi connectivity index (χ3n) is 10.5. The highest BCUT2D eigenvalue weighted by Crippen LogP contribution is 2.41. The molecule has 4 nitrogen and oxygen atoms in total. The van der Waals surface area contributed by atoms with Crippen LogP contribution in [0.5, 0.6) is 0 Å². The van der Waals surface area contributed by atoms with Crippen molar-refractivity contribution in [2.45, 2.75) is 25.4 Å². The molecule has 1 aromatic heterocycles. The standard InChI is InChI=1S/C47H35N3O/c1-3-13-30(14-4-1)33-19-11-20-34(27-33)45-48-46(50-47(49-45)39-24-12-18-31-17-7-8-21-36(31)39)35-25-26-40-42(28-35)51-43-29-41(32-15-5-2-6-16-32)37-22-9-10-23-38(37)44(40)43/h1-6,8-16,18-23,25-29,39,46H,7,17,24H2,(H,48,49,50). The van der Waals surface area contributed by atoms with Crippen LogP contribution in [0.1, 0.15) is 36.6 Å². The topological polar surface area (TPSA) is 49.9 Å². The number of fused-ring (bicyclic) bond motifs is 5. The molecule has 4 heteroatoms. The molecule has 3 aliphatic rings. The molecule has 0 fully saturated rings. The molecule has 7 aromatic rings. The minimum Gasteiger partial charge on any atom is -0.456 e. The molecule has 1 N–H and O–H groups in total. The Balaban J connectivity index is 1.10. The SMILES string of the molecule is C1=CC2=C(C=CCC2C2=NC(c3cccc(-c4ccccc4)c3)=NC(c3ccc4c(c3)oc3cc(-c5ccccc5)c5ccccc5c34)N2)CC1. The number of nitrogens with one attached hydrogen (secondary N) is 1. The van der Waals surface area contributed by atoms with Gasteiger partial charge in [0.2, 0.25) is 0 Å². The fourth-order valence-corrected chi connectivity index (χ4v) is 8.05. The molecule has 0 saturated heterocycles. The zero-order valence-corrected chi connectivity index (χ0v) is 28.1. The average Bonchev–Trinajstić information content (AvgIpc) is 3.59. The molecule has 1 aliphatic heterocycles. The quantitative estimate of drug-likeness (QED) is 0.200. The summed E-state index contributed by atoms with van der Waals surface area (Å²) < 4.78 is 6.71. The van der Waals surface area contributed by atoms with E-state index in [-0.39, 0.29) is 12.1 Å². The van der Waals surface area contributed by atoms with Crippen LogP contribution in [0, 0.1) is 5.92 Å². The number of allylic oxidation sites excluding steroid dienone is 5. The van der Waals surface area contributed by atoms with Gasteiger partial charge >= 0.3 is 0 Å². The van der Waals surface area contributed by atoms with E-state index in [0.717, 1.165) is 69.6 Å². The van der Waals surface area contributed by atoms with Crippen molar-refractivity contribution in [3.05, 3.63) is 180 Å². The van der Waals surface area contributed by atoms with Crippen molar-refractivity contribution >= 4 is 44.4 Å². The van der Waals surface area contributed by atoms with Crippen molar-refractivity contribution < 1.29 is 4.42 Å². The van der Waals surface area contributed by atoms with E-state index in [1.54, 1.807) is 0 Å². The first-order valence-electron chi connectivity index (χ1n) is 17.8. The second-order valence-corrected chi connectivity index (χ2v) is 13.6. The third-order valence-corrected chi connectivity index (χ3v) is 10.5. The molecule has 51 heavy (non-hydrogen) atoms. The van der Waals surface area contributed by atoms with Gasteiger partial charge in [-0.2, -0.15) is 0 Å². The molecular formula is C47H35N3O. The predicted molar refractivity (Wildman–Crippen MR) is 211 cm³/mol. The lowest BCUT2D eigenvalue weighted by atomic mass is 9.81. The first kappa shape index (κ1) is 29.6. The smallest absolute Gasteiger partial charge is 0.159 e. The molecule has 0 spiro atoms. The van der Waals surface area contributed by atoms with E-state index in [9.17, 15) is 0 Å². The number of hydrogen-bond donors (Lipinski definition) is 1. The monoisotopic (exact) mass is 657 g/mol. The second kappa shape index (κ2) is 12.3. The van der Waals surface area contributed by atoms with Gasteiger partial charge in [-0.25, -0.2) is 9.98 Å². The lowest BCUT2D eigenvalue weighted by Crippen LogP contribution is -2.39. The van der Waals surface area contributed by atoms with Crippen molar-refractivity contribution in [3.8, 4) is 22.3 Å². The Hall–Kier alpha value is -6.26. The average molecular weight is 658 g/mol. The van der Waals surface area contributed by atoms with Crippen molar-refractivity contribution in [1.29, 1.82) is 0 Å². The van der Waals surface area contributed by atoms with Crippen molar-refractivity contribution in [3.63, 3.8) is 0 Å². The Bertz CT molecular complexity index is 2640. The second-order valence-electron chi connectivity index (χ2n) is 13.6. The predicted octanol–water partition coefficient (Wildman–Crippen LogP) is 11.7. The van der Waals surface area contributed by atoms with Gasteiger partial charge in [-0.3, -0.25) is 0 Å². The Kier molecular flexibility index (Phi) is 7.12. The van der Waals surface area contributed by atoms with Gasteiger partial charge in [-0.1, -0.05) is 140 Å². The Morgan fingerprint density at radius 3 is 2.24 bits per heavy atom. The van der Waals surface area contributed by atoms with Crippen molar-refractivity contribution in [2.24, 2.45) is 15.9 Å². The van der Waals surface area contributed by atoms with E-state index in [0.29, 0.717) is 0 Å². The van der Waals surface area contributed by atoms with Gasteiger partial charge in [-0.05, 0) is 81.6 Å². The van der Waals surface area contributed by atoms with Crippen LogP contribution in [-0.2, 0) is 0 Å². The maximum absolute atomic E-state index is 6.71. The summed E-state index contributed by atoms with van der Waals surface area (Å²) in [6, 6.07) is 47.1. The number of amidine groups is 2. The molecule has 244 valence electrons. The van der Waals surface area contributed by atoms with Crippen LogP contribution in [-0.4, -0.2) is 11.7 Å². The molecule has 0 bridgehead atoms. The number of nitrogens with zero attached hydrogens (tertiary/aromatic N) is 2. The fraction of sp³-hybridized carbons (Fsp3) is 0.106. The van der Waals surface area contributed by atoms with Gasteiger partial charge in [0.15, 0.2) is 5.84 Å². The highest BCUT2D eigenvalue weighted by Gasteiger charge is 2.30. The zero-order valence-electron chi connectivity index (χ0n) is 28.1. The van der Waals surface area contributed by atoms with Crippen LogP contribution in [0.25, 0.3) is 55.0 Å². The number of furan rings is 1. The molecule has 2 atom stereocenters. The Morgan fingerprint density at radius 2 is 1.37 bits per heavy atom. The first-order valence-corrected chi connectivity index (χ1v) is 17.8. The summed E-state index contributed by atoms with van der Waals surface area (Å²) in [5.41, 5.74) is 11.2. The van der Waals surface area contributed by atoms with E-state index >= 15 is 0 Å². The molecule has 2 aliphatic carbocycles. The highest BCUT2D eigenvalue weighted by molar-refractivity contribution is 6.22. The summed E-state index contributed by atoms with van der Waals surface area (Å²) in [6.07, 6.45) is 11.9. The van der Waals surface area contributed by atoms with Crippen molar-refractivity contribution in [1.82, 2.24) is 5.32 Å². The van der Waals surface area contributed by atoms with Crippen LogP contribution in [0.15, 0.2) is 183 Å². The van der Waals surface area contributed by atoms with E-state index in [4.69, 9.17) is 14.4 Å². The largest absolute Gasteiger partial charge is 0.456 e. The van der Waals surface area contributed by atoms with Gasteiger partial charge in [0, 0.05) is 27.8 Å². The van der Waals surface area contributed by atoms with Crippen molar-refractivity contribution in [2.75, 3.05) is 0 Å². The summed E-state index contributed by atoms with van der Waals surface area (Å²) in [6.45, 7) is 0. The fourth-order valence-electron chi connectivity index (χ4n) is 8.05. The third kappa shape index (κ3) is 5.23. The summed E-state index contributed by atoms with van der Waals surface area (Å²) >= 11 is 0. The van der Waals surface area contributed by atoms with Gasteiger partial charge in [-0.15, -0.1) is 0 Å². The molecule has 10 rings (SSSR count). The number of aliphatic imine (C=N–C) groups is 2. The molecule has 0 saturated carbocycles. The molecule has 0 amide bonds. The molecular weight excluding hydrogens is 623 g/mol. The maximum atomic E-state index is 6.71. The first-order chi connectivity index (χ1) is 25.3. The summed E-state index contributed by atoms with van der Waals surface area (Å²) in [7, 11) is 0. The van der Waals surface area contributed by atoms with Gasteiger partial charge in [0.05, 0.1) is 0 Å². The van der Waals surface area contributed by atoms with Gasteiger partial charge in [0.1, 0.15) is 23.2 Å². The van der Waals surface area contributed by atoms with E-state index in [1.165, 1.54) is 38.6 Å². The van der Waals surface area contributed by atoms with Crippen LogP contribution in [0.2, 0.25) is 0 Å². The maximum Gasteiger partial charge on any atom is 0.159 e. The van der Waals surface area contributed by atoms with E-state index in [1.807, 2.05) is 0 Å². The minimum atomic E-state index is -0.329. The lowest BCUT2D eigenvalue weighted by molar-refractivity contribution is 0.629. The summed E-state index contributed by atoms with van der Waals surface area (Å²) in [5.74, 6) is 1.84. The lowest BCUT2D eigenvalue weighted by Gasteiger charge is -2.31. The molecule has 0 radical (unpaired) electrons.